The van der Waals surface area contributed by atoms with Gasteiger partial charge in [0.25, 0.3) is 0 Å². The summed E-state index contributed by atoms with van der Waals surface area (Å²) in [6, 6.07) is 12.7. The Kier molecular flexibility index (Phi) is 10.6. The zero-order valence-electron chi connectivity index (χ0n) is 21.1. The summed E-state index contributed by atoms with van der Waals surface area (Å²) in [5.41, 5.74) is -0.394. The van der Waals surface area contributed by atoms with Crippen molar-refractivity contribution in [1.82, 2.24) is 4.90 Å². The first-order valence-electron chi connectivity index (χ1n) is 12.1. The van der Waals surface area contributed by atoms with E-state index in [0.29, 0.717) is 25.2 Å². The van der Waals surface area contributed by atoms with Crippen LogP contribution in [0.25, 0.3) is 0 Å². The van der Waals surface area contributed by atoms with E-state index >= 15 is 0 Å². The van der Waals surface area contributed by atoms with Crippen LogP contribution in [0.5, 0.6) is 0 Å². The van der Waals surface area contributed by atoms with Crippen LogP contribution in [0.2, 0.25) is 0 Å². The third-order valence-electron chi connectivity index (χ3n) is 5.77. The fourth-order valence-corrected chi connectivity index (χ4v) is 5.43. The van der Waals surface area contributed by atoms with Crippen LogP contribution in [0, 0.1) is 11.3 Å². The molecule has 0 unspecified atom stereocenters. The molecule has 1 aliphatic rings. The molecule has 1 aromatic rings. The third kappa shape index (κ3) is 8.09. The topological polar surface area (TPSA) is 98.1 Å². The van der Waals surface area contributed by atoms with Gasteiger partial charge in [0.15, 0.2) is 0 Å². The molecule has 1 aromatic carbocycles. The quantitative estimate of drug-likeness (QED) is 0.258. The van der Waals surface area contributed by atoms with Crippen molar-refractivity contribution in [3.63, 3.8) is 0 Å². The maximum absolute atomic E-state index is 13.2. The van der Waals surface area contributed by atoms with Crippen molar-refractivity contribution in [2.24, 2.45) is 0 Å². The molecule has 0 N–H and O–H groups in total. The predicted octanol–water partition coefficient (Wildman–Crippen LogP) is 6.43. The van der Waals surface area contributed by atoms with Crippen LogP contribution in [0.3, 0.4) is 0 Å². The number of phosphoric ester groups is 1. The van der Waals surface area contributed by atoms with E-state index in [9.17, 15) is 14.6 Å². The van der Waals surface area contributed by atoms with Gasteiger partial charge in [0, 0.05) is 6.54 Å². The fraction of sp³-hybridized carbons (Fsp3) is 0.680. The molecule has 0 heterocycles. The normalized spacial score (nSPS) is 21.0. The highest BCUT2D eigenvalue weighted by molar-refractivity contribution is 7.48. The third-order valence-corrected chi connectivity index (χ3v) is 7.42. The van der Waals surface area contributed by atoms with E-state index in [2.05, 4.69) is 18.2 Å². The second kappa shape index (κ2) is 12.7. The summed E-state index contributed by atoms with van der Waals surface area (Å²) in [6.07, 6.45) is 2.55. The highest BCUT2D eigenvalue weighted by Crippen LogP contribution is 2.49. The van der Waals surface area contributed by atoms with Gasteiger partial charge in [-0.3, -0.25) is 18.5 Å². The van der Waals surface area contributed by atoms with Crippen molar-refractivity contribution in [2.75, 3.05) is 26.4 Å². The van der Waals surface area contributed by atoms with E-state index in [1.807, 2.05) is 18.2 Å². The van der Waals surface area contributed by atoms with Crippen molar-refractivity contribution in [3.8, 4) is 6.07 Å². The number of nitrogens with zero attached hydrogens (tertiary/aromatic N) is 2. The van der Waals surface area contributed by atoms with Crippen LogP contribution in [-0.2, 0) is 22.9 Å². The Hall–Kier alpha value is -1.91. The molecule has 8 nitrogen and oxygen atoms in total. The number of phosphoric acid groups is 1. The smallest absolute Gasteiger partial charge is 0.444 e. The standard InChI is InChI=1S/C25H39N2O6P/c1-6-30-34(29,31-7-2)32-19-11-18-27(23(28)33-24(3,4)5)25(20-26)16-14-22(15-17-25)21-12-9-8-10-13-21/h8-10,12-13,22H,6-7,11,14-19H2,1-5H3. The number of hydrogen-bond donors (Lipinski definition) is 0. The van der Waals surface area contributed by atoms with E-state index in [4.69, 9.17) is 18.3 Å². The highest BCUT2D eigenvalue weighted by Gasteiger charge is 2.44. The van der Waals surface area contributed by atoms with Crippen LogP contribution >= 0.6 is 7.82 Å². The largest absolute Gasteiger partial charge is 0.474 e. The predicted molar refractivity (Wildman–Crippen MR) is 130 cm³/mol. The molecule has 0 spiro atoms. The first-order chi connectivity index (χ1) is 16.1. The Morgan fingerprint density at radius 1 is 1.12 bits per heavy atom. The number of amides is 1. The summed E-state index contributed by atoms with van der Waals surface area (Å²) in [5, 5.41) is 10.2. The minimum absolute atomic E-state index is 0.0602. The molecular weight excluding hydrogens is 455 g/mol. The Bertz CT molecular complexity index is 846. The molecule has 1 fully saturated rings. The van der Waals surface area contributed by atoms with E-state index in [1.54, 1.807) is 34.6 Å². The number of ether oxygens (including phenoxy) is 1. The number of nitriles is 1. The van der Waals surface area contributed by atoms with Gasteiger partial charge in [-0.25, -0.2) is 9.36 Å². The molecule has 0 saturated heterocycles. The molecular formula is C25H39N2O6P. The summed E-state index contributed by atoms with van der Waals surface area (Å²) in [4.78, 5) is 14.7. The second-order valence-corrected chi connectivity index (χ2v) is 11.1. The number of hydrogen-bond acceptors (Lipinski definition) is 7. The van der Waals surface area contributed by atoms with Gasteiger partial charge in [-0.2, -0.15) is 5.26 Å². The Morgan fingerprint density at radius 3 is 2.21 bits per heavy atom. The molecule has 34 heavy (non-hydrogen) atoms. The van der Waals surface area contributed by atoms with Crippen LogP contribution < -0.4 is 0 Å². The van der Waals surface area contributed by atoms with Gasteiger partial charge in [0.1, 0.15) is 11.1 Å². The summed E-state index contributed by atoms with van der Waals surface area (Å²) in [6.45, 7) is 9.52. The van der Waals surface area contributed by atoms with Crippen molar-refractivity contribution in [1.29, 1.82) is 5.26 Å². The van der Waals surface area contributed by atoms with Crippen LogP contribution in [0.15, 0.2) is 30.3 Å². The molecule has 0 aromatic heterocycles. The SMILES string of the molecule is CCOP(=O)(OCC)OCCCN(C(=O)OC(C)(C)C)C1(C#N)CCC(c2ccccc2)CC1. The lowest BCUT2D eigenvalue weighted by Crippen LogP contribution is -2.54. The summed E-state index contributed by atoms with van der Waals surface area (Å²) < 4.78 is 33.9. The van der Waals surface area contributed by atoms with Gasteiger partial charge in [-0.1, -0.05) is 30.3 Å². The molecule has 9 heteroatoms. The molecule has 0 bridgehead atoms. The van der Waals surface area contributed by atoms with E-state index in [1.165, 1.54) is 10.5 Å². The van der Waals surface area contributed by atoms with Crippen molar-refractivity contribution >= 4 is 13.9 Å². The lowest BCUT2D eigenvalue weighted by molar-refractivity contribution is -0.00254. The number of rotatable bonds is 11. The fourth-order valence-electron chi connectivity index (χ4n) is 4.22. The highest BCUT2D eigenvalue weighted by atomic mass is 31.2. The molecule has 0 aliphatic heterocycles. The Labute approximate surface area is 204 Å². The summed E-state index contributed by atoms with van der Waals surface area (Å²) >= 11 is 0. The Balaban J connectivity index is 2.12. The molecule has 1 aliphatic carbocycles. The average molecular weight is 495 g/mol. The maximum Gasteiger partial charge on any atom is 0.474 e. The van der Waals surface area contributed by atoms with E-state index in [0.717, 1.165) is 12.8 Å². The van der Waals surface area contributed by atoms with Gasteiger partial charge in [-0.15, -0.1) is 0 Å². The average Bonchev–Trinajstić information content (AvgIpc) is 2.79. The van der Waals surface area contributed by atoms with Crippen LogP contribution in [-0.4, -0.2) is 48.5 Å². The molecule has 2 rings (SSSR count). The zero-order chi connectivity index (χ0) is 25.2. The monoisotopic (exact) mass is 494 g/mol. The van der Waals surface area contributed by atoms with Gasteiger partial charge < -0.3 is 4.74 Å². The van der Waals surface area contributed by atoms with Crippen molar-refractivity contribution in [3.05, 3.63) is 35.9 Å². The molecule has 0 atom stereocenters. The second-order valence-electron chi connectivity index (χ2n) is 9.43. The van der Waals surface area contributed by atoms with E-state index < -0.39 is 25.1 Å². The van der Waals surface area contributed by atoms with Gasteiger partial charge in [0.2, 0.25) is 0 Å². The van der Waals surface area contributed by atoms with Gasteiger partial charge in [-0.05, 0) is 78.2 Å². The first kappa shape index (κ1) is 28.3. The zero-order valence-corrected chi connectivity index (χ0v) is 22.0. The van der Waals surface area contributed by atoms with Crippen molar-refractivity contribution < 1.29 is 27.7 Å². The van der Waals surface area contributed by atoms with Crippen molar-refractivity contribution in [2.45, 2.75) is 83.8 Å². The molecule has 1 amide bonds. The summed E-state index contributed by atoms with van der Waals surface area (Å²) in [5.74, 6) is 0.356. The van der Waals surface area contributed by atoms with Gasteiger partial charge in [0.05, 0.1) is 25.9 Å². The van der Waals surface area contributed by atoms with E-state index in [-0.39, 0.29) is 26.4 Å². The van der Waals surface area contributed by atoms with Crippen LogP contribution in [0.1, 0.15) is 78.2 Å². The first-order valence-corrected chi connectivity index (χ1v) is 13.5. The Morgan fingerprint density at radius 2 is 1.71 bits per heavy atom. The molecule has 190 valence electrons. The lowest BCUT2D eigenvalue weighted by Gasteiger charge is -2.43. The lowest BCUT2D eigenvalue weighted by atomic mass is 9.74. The molecule has 1 saturated carbocycles. The van der Waals surface area contributed by atoms with Crippen LogP contribution in [0.4, 0.5) is 4.79 Å². The number of benzene rings is 1. The van der Waals surface area contributed by atoms with Gasteiger partial charge >= 0.3 is 13.9 Å². The number of carbonyl (C=O) groups excluding carboxylic acids is 1. The number of carbonyl (C=O) groups is 1. The molecule has 0 radical (unpaired) electrons. The minimum Gasteiger partial charge on any atom is -0.444 e. The summed E-state index contributed by atoms with van der Waals surface area (Å²) in [7, 11) is -3.63. The maximum atomic E-state index is 13.2. The minimum atomic E-state index is -3.63.